The average molecular weight is 685 g/mol. The molecule has 2 heterocycles. The SMILES string of the molecule is CNC(=O)c1cc(OCCOC)c(NCC#Cc2sc3c(NC4CCN(CC(O)CO)CC4F)cccc3c2CC(F)(F)F)cc1F. The Hall–Kier alpha value is -3.68. The minimum Gasteiger partial charge on any atom is -0.489 e. The van der Waals surface area contributed by atoms with E-state index in [1.54, 1.807) is 23.1 Å². The van der Waals surface area contributed by atoms with E-state index in [-0.39, 0.29) is 60.3 Å². The second-order valence-electron chi connectivity index (χ2n) is 10.9. The minimum atomic E-state index is -4.51. The number of amides is 1. The lowest BCUT2D eigenvalue weighted by Gasteiger charge is -2.36. The second kappa shape index (κ2) is 16.4. The molecule has 3 aromatic rings. The van der Waals surface area contributed by atoms with Gasteiger partial charge < -0.3 is 35.6 Å². The molecule has 0 spiro atoms. The maximum Gasteiger partial charge on any atom is 0.393 e. The first-order valence-corrected chi connectivity index (χ1v) is 15.7. The summed E-state index contributed by atoms with van der Waals surface area (Å²) in [7, 11) is 2.85. The Labute approximate surface area is 273 Å². The van der Waals surface area contributed by atoms with Crippen molar-refractivity contribution in [3.8, 4) is 17.6 Å². The van der Waals surface area contributed by atoms with Crippen LogP contribution in [0.1, 0.15) is 27.2 Å². The predicted octanol–water partition coefficient (Wildman–Crippen LogP) is 4.17. The molecule has 1 aliphatic rings. The summed E-state index contributed by atoms with van der Waals surface area (Å²) in [4.78, 5) is 14.0. The summed E-state index contributed by atoms with van der Waals surface area (Å²) in [6.45, 7) is 0.482. The number of thiophene rings is 1. The number of carbonyl (C=O) groups excluding carboxylic acids is 1. The number of β-amino-alcohol motifs (C(OH)–C–C–N with tert-alkyl or cyclic N) is 1. The molecule has 1 aliphatic heterocycles. The van der Waals surface area contributed by atoms with Crippen molar-refractivity contribution in [3.63, 3.8) is 0 Å². The van der Waals surface area contributed by atoms with Gasteiger partial charge in [-0.05, 0) is 29.5 Å². The summed E-state index contributed by atoms with van der Waals surface area (Å²) in [6.07, 6.45) is -7.63. The number of ether oxygens (including phenoxy) is 2. The molecule has 2 aromatic carbocycles. The molecule has 256 valence electrons. The smallest absolute Gasteiger partial charge is 0.393 e. The quantitative estimate of drug-likeness (QED) is 0.104. The molecule has 1 fully saturated rings. The summed E-state index contributed by atoms with van der Waals surface area (Å²) in [5.74, 6) is 4.35. The number of fused-ring (bicyclic) bond motifs is 1. The summed E-state index contributed by atoms with van der Waals surface area (Å²) in [5.41, 5.74) is 0.454. The number of nitrogens with one attached hydrogen (secondary N) is 3. The number of benzene rings is 2. The molecule has 15 heteroatoms. The van der Waals surface area contributed by atoms with Gasteiger partial charge in [0, 0.05) is 39.9 Å². The molecular weight excluding hydrogens is 647 g/mol. The second-order valence-corrected chi connectivity index (χ2v) is 12.0. The lowest BCUT2D eigenvalue weighted by molar-refractivity contribution is -0.126. The van der Waals surface area contributed by atoms with Crippen molar-refractivity contribution in [2.45, 2.75) is 37.3 Å². The summed E-state index contributed by atoms with van der Waals surface area (Å²) >= 11 is 1.07. The van der Waals surface area contributed by atoms with Gasteiger partial charge in [0.1, 0.15) is 24.3 Å². The molecular formula is C32H37F5N4O5S. The average Bonchev–Trinajstić information content (AvgIpc) is 3.37. The molecule has 47 heavy (non-hydrogen) atoms. The van der Waals surface area contributed by atoms with Crippen LogP contribution in [0.15, 0.2) is 30.3 Å². The van der Waals surface area contributed by atoms with E-state index in [4.69, 9.17) is 14.6 Å². The van der Waals surface area contributed by atoms with E-state index in [0.717, 1.165) is 17.4 Å². The third kappa shape index (κ3) is 9.68. The van der Waals surface area contributed by atoms with E-state index in [1.165, 1.54) is 20.2 Å². The van der Waals surface area contributed by atoms with E-state index in [9.17, 15) is 27.5 Å². The first-order chi connectivity index (χ1) is 22.4. The van der Waals surface area contributed by atoms with Crippen LogP contribution in [0.3, 0.4) is 0 Å². The number of hydrogen-bond acceptors (Lipinski definition) is 9. The number of methoxy groups -OCH3 is 1. The first-order valence-electron chi connectivity index (χ1n) is 14.9. The zero-order chi connectivity index (χ0) is 34.1. The first kappa shape index (κ1) is 36.2. The van der Waals surface area contributed by atoms with Gasteiger partial charge >= 0.3 is 6.18 Å². The van der Waals surface area contributed by atoms with E-state index < -0.39 is 49.2 Å². The van der Waals surface area contributed by atoms with Gasteiger partial charge in [0.05, 0.1) is 64.8 Å². The summed E-state index contributed by atoms with van der Waals surface area (Å²) in [5, 5.41) is 27.6. The molecule has 3 unspecified atom stereocenters. The molecule has 1 amide bonds. The van der Waals surface area contributed by atoms with Gasteiger partial charge in [0.25, 0.3) is 5.91 Å². The van der Waals surface area contributed by atoms with Gasteiger partial charge in [-0.2, -0.15) is 13.2 Å². The van der Waals surface area contributed by atoms with Crippen LogP contribution in [0.2, 0.25) is 0 Å². The highest BCUT2D eigenvalue weighted by Gasteiger charge is 2.33. The zero-order valence-corrected chi connectivity index (χ0v) is 26.7. The van der Waals surface area contributed by atoms with Crippen LogP contribution in [-0.4, -0.2) is 106 Å². The lowest BCUT2D eigenvalue weighted by Crippen LogP contribution is -2.50. The number of hydrogen-bond donors (Lipinski definition) is 5. The van der Waals surface area contributed by atoms with Crippen LogP contribution in [0, 0.1) is 17.7 Å². The lowest BCUT2D eigenvalue weighted by atomic mass is 10.0. The number of halogens is 5. The van der Waals surface area contributed by atoms with Crippen molar-refractivity contribution in [3.05, 3.63) is 52.2 Å². The maximum atomic E-state index is 15.1. The molecule has 0 radical (unpaired) electrons. The molecule has 0 saturated carbocycles. The Balaban J connectivity index is 1.57. The predicted molar refractivity (Wildman–Crippen MR) is 171 cm³/mol. The number of piperidine rings is 1. The summed E-state index contributed by atoms with van der Waals surface area (Å²) in [6, 6.07) is 6.59. The van der Waals surface area contributed by atoms with Crippen molar-refractivity contribution in [1.82, 2.24) is 10.2 Å². The van der Waals surface area contributed by atoms with Gasteiger partial charge in [-0.15, -0.1) is 11.3 Å². The van der Waals surface area contributed by atoms with Crippen molar-refractivity contribution in [2.75, 3.05) is 70.8 Å². The fourth-order valence-corrected chi connectivity index (χ4v) is 6.40. The maximum absolute atomic E-state index is 15.1. The molecule has 4 rings (SSSR count). The Morgan fingerprint density at radius 1 is 1.23 bits per heavy atom. The van der Waals surface area contributed by atoms with E-state index >= 15 is 4.39 Å². The number of carbonyl (C=O) groups is 1. The third-order valence-corrected chi connectivity index (χ3v) is 8.69. The Kier molecular flexibility index (Phi) is 12.6. The van der Waals surface area contributed by atoms with E-state index in [1.807, 2.05) is 0 Å². The van der Waals surface area contributed by atoms with Crippen LogP contribution in [0.4, 0.5) is 33.3 Å². The van der Waals surface area contributed by atoms with Gasteiger partial charge in [0.15, 0.2) is 0 Å². The topological polar surface area (TPSA) is 115 Å². The van der Waals surface area contributed by atoms with Crippen molar-refractivity contribution in [1.29, 1.82) is 0 Å². The third-order valence-electron chi connectivity index (χ3n) is 7.50. The number of alkyl halides is 4. The zero-order valence-electron chi connectivity index (χ0n) is 25.8. The van der Waals surface area contributed by atoms with Crippen LogP contribution >= 0.6 is 11.3 Å². The minimum absolute atomic E-state index is 0.00261. The molecule has 3 atom stereocenters. The Bertz CT molecular complexity index is 1590. The normalized spacial score (nSPS) is 17.6. The van der Waals surface area contributed by atoms with Crippen LogP contribution in [0.25, 0.3) is 10.1 Å². The number of nitrogens with zero attached hydrogens (tertiary/aromatic N) is 1. The highest BCUT2D eigenvalue weighted by Crippen LogP contribution is 2.39. The van der Waals surface area contributed by atoms with Crippen molar-refractivity contribution in [2.24, 2.45) is 0 Å². The number of aliphatic hydroxyl groups excluding tert-OH is 2. The highest BCUT2D eigenvalue weighted by molar-refractivity contribution is 7.20. The largest absolute Gasteiger partial charge is 0.489 e. The van der Waals surface area contributed by atoms with Crippen molar-refractivity contribution >= 4 is 38.7 Å². The van der Waals surface area contributed by atoms with Gasteiger partial charge in [-0.3, -0.25) is 9.69 Å². The number of aliphatic hydroxyl groups is 2. The molecule has 0 bridgehead atoms. The van der Waals surface area contributed by atoms with Crippen molar-refractivity contribution < 1.29 is 46.4 Å². The van der Waals surface area contributed by atoms with Gasteiger partial charge in [-0.25, -0.2) is 8.78 Å². The number of rotatable bonds is 13. The molecule has 5 N–H and O–H groups in total. The van der Waals surface area contributed by atoms with E-state index in [2.05, 4.69) is 27.8 Å². The fraction of sp³-hybridized carbons (Fsp3) is 0.469. The summed E-state index contributed by atoms with van der Waals surface area (Å²) < 4.78 is 82.0. The molecule has 1 aromatic heterocycles. The molecule has 9 nitrogen and oxygen atoms in total. The van der Waals surface area contributed by atoms with Gasteiger partial charge in [-0.1, -0.05) is 24.0 Å². The molecule has 1 saturated heterocycles. The van der Waals surface area contributed by atoms with E-state index in [0.29, 0.717) is 28.7 Å². The standard InChI is InChI=1S/C32H37F5N4O5S/c1-38-31(44)21-13-28(46-12-11-45-2)27(14-23(21)33)39-9-4-7-29-22(15-32(35,36)37)20-5-3-6-26(30(20)47-29)40-25-8-10-41(17-24(25)34)16-19(43)18-42/h3,5-6,13-14,19,24-25,39-40,42-43H,8-12,15-18H2,1-2H3,(H,38,44). The van der Waals surface area contributed by atoms with Crippen LogP contribution in [0.5, 0.6) is 5.75 Å². The van der Waals surface area contributed by atoms with Gasteiger partial charge in [0.2, 0.25) is 0 Å². The highest BCUT2D eigenvalue weighted by atomic mass is 32.1. The Morgan fingerprint density at radius 3 is 2.70 bits per heavy atom. The Morgan fingerprint density at radius 2 is 2.02 bits per heavy atom. The van der Waals surface area contributed by atoms with Crippen LogP contribution < -0.4 is 20.7 Å². The molecule has 0 aliphatic carbocycles. The number of anilines is 2. The van der Waals surface area contributed by atoms with Crippen LogP contribution in [-0.2, 0) is 11.2 Å². The monoisotopic (exact) mass is 684 g/mol. The number of likely N-dealkylation sites (tertiary alicyclic amines) is 1. The fourth-order valence-electron chi connectivity index (χ4n) is 5.23.